The second kappa shape index (κ2) is 5.67. The minimum absolute atomic E-state index is 0.329. The third-order valence-electron chi connectivity index (χ3n) is 2.14. The summed E-state index contributed by atoms with van der Waals surface area (Å²) in [6.07, 6.45) is 0. The fraction of sp³-hybridized carbons (Fsp3) is 0.364. The lowest BCUT2D eigenvalue weighted by Crippen LogP contribution is -2.22. The largest absolute Gasteiger partial charge is 0.493 e. The average Bonchev–Trinajstić information content (AvgIpc) is 2.28. The van der Waals surface area contributed by atoms with E-state index in [0.29, 0.717) is 23.0 Å². The molecule has 1 aromatic rings. The molecule has 0 atom stereocenters. The molecule has 5 heteroatoms. The molecule has 0 aliphatic carbocycles. The van der Waals surface area contributed by atoms with Crippen LogP contribution in [-0.2, 0) is 6.54 Å². The number of hydrogen-bond donors (Lipinski definition) is 1. The molecule has 0 aliphatic rings. The van der Waals surface area contributed by atoms with E-state index < -0.39 is 0 Å². The lowest BCUT2D eigenvalue weighted by molar-refractivity contribution is -0.0204. The molecule has 1 rings (SSSR count). The van der Waals surface area contributed by atoms with Crippen LogP contribution >= 0.6 is 12.2 Å². The Balaban J connectivity index is 2.86. The van der Waals surface area contributed by atoms with E-state index >= 15 is 0 Å². The summed E-state index contributed by atoms with van der Waals surface area (Å²) in [6, 6.07) is 5.45. The first-order valence-electron chi connectivity index (χ1n) is 4.76. The zero-order chi connectivity index (χ0) is 12.1. The molecule has 0 unspecified atom stereocenters. The van der Waals surface area contributed by atoms with Crippen molar-refractivity contribution in [2.75, 3.05) is 14.2 Å². The van der Waals surface area contributed by atoms with Gasteiger partial charge < -0.3 is 9.47 Å². The Morgan fingerprint density at radius 1 is 1.31 bits per heavy atom. The maximum atomic E-state index is 9.49. The van der Waals surface area contributed by atoms with E-state index in [-0.39, 0.29) is 0 Å². The number of nitrogens with zero attached hydrogens (tertiary/aromatic N) is 1. The molecule has 1 aromatic carbocycles. The van der Waals surface area contributed by atoms with Gasteiger partial charge in [0.05, 0.1) is 20.8 Å². The molecule has 1 N–H and O–H groups in total. The van der Waals surface area contributed by atoms with Crippen molar-refractivity contribution in [1.29, 1.82) is 0 Å². The summed E-state index contributed by atoms with van der Waals surface area (Å²) in [7, 11) is 3.15. The van der Waals surface area contributed by atoms with Crippen molar-refractivity contribution in [2.24, 2.45) is 0 Å². The second-order valence-electron chi connectivity index (χ2n) is 3.27. The lowest BCUT2D eigenvalue weighted by Gasteiger charge is -2.16. The summed E-state index contributed by atoms with van der Waals surface area (Å²) in [5.74, 6) is 1.30. The van der Waals surface area contributed by atoms with Crippen LogP contribution in [0.5, 0.6) is 11.5 Å². The maximum absolute atomic E-state index is 9.49. The zero-order valence-electron chi connectivity index (χ0n) is 9.56. The van der Waals surface area contributed by atoms with Crippen molar-refractivity contribution in [1.82, 2.24) is 5.06 Å². The summed E-state index contributed by atoms with van der Waals surface area (Å²) in [5.41, 5.74) is 0.893. The van der Waals surface area contributed by atoms with Gasteiger partial charge in [-0.15, -0.1) is 0 Å². The zero-order valence-corrected chi connectivity index (χ0v) is 10.4. The Morgan fingerprint density at radius 2 is 1.94 bits per heavy atom. The first-order valence-corrected chi connectivity index (χ1v) is 5.17. The van der Waals surface area contributed by atoms with E-state index in [0.717, 1.165) is 10.6 Å². The number of rotatable bonds is 4. The molecule has 0 bridgehead atoms. The van der Waals surface area contributed by atoms with E-state index in [4.69, 9.17) is 21.7 Å². The molecule has 16 heavy (non-hydrogen) atoms. The van der Waals surface area contributed by atoms with Gasteiger partial charge >= 0.3 is 0 Å². The van der Waals surface area contributed by atoms with E-state index in [1.807, 2.05) is 6.07 Å². The van der Waals surface area contributed by atoms with Crippen LogP contribution in [0.3, 0.4) is 0 Å². The molecule has 0 aliphatic heterocycles. The van der Waals surface area contributed by atoms with Crippen LogP contribution in [0.25, 0.3) is 0 Å². The van der Waals surface area contributed by atoms with Crippen LogP contribution < -0.4 is 9.47 Å². The second-order valence-corrected chi connectivity index (χ2v) is 3.86. The standard InChI is InChI=1S/C11H15NO3S/c1-8(16)12(13)7-9-4-5-10(14-2)11(6-9)15-3/h4-6,13H,7H2,1-3H3. The van der Waals surface area contributed by atoms with Crippen LogP contribution in [0.15, 0.2) is 18.2 Å². The number of thiocarbonyl (C=S) groups is 1. The van der Waals surface area contributed by atoms with Gasteiger partial charge in [0.2, 0.25) is 0 Å². The molecule has 0 fully saturated rings. The van der Waals surface area contributed by atoms with E-state index in [9.17, 15) is 5.21 Å². The molecular weight excluding hydrogens is 226 g/mol. The molecule has 0 heterocycles. The normalized spacial score (nSPS) is 9.75. The van der Waals surface area contributed by atoms with Crippen molar-refractivity contribution < 1.29 is 14.7 Å². The lowest BCUT2D eigenvalue weighted by atomic mass is 10.2. The fourth-order valence-corrected chi connectivity index (χ4v) is 1.33. The minimum atomic E-state index is 0.329. The quantitative estimate of drug-likeness (QED) is 0.647. The summed E-state index contributed by atoms with van der Waals surface area (Å²) in [6.45, 7) is 1.99. The van der Waals surface area contributed by atoms with Crippen molar-refractivity contribution in [3.05, 3.63) is 23.8 Å². The molecule has 88 valence electrons. The highest BCUT2D eigenvalue weighted by molar-refractivity contribution is 7.80. The molecule has 0 spiro atoms. The van der Waals surface area contributed by atoms with E-state index in [2.05, 4.69) is 0 Å². The average molecular weight is 241 g/mol. The van der Waals surface area contributed by atoms with Gasteiger partial charge in [0.1, 0.15) is 4.99 Å². The minimum Gasteiger partial charge on any atom is -0.493 e. The predicted molar refractivity (Wildman–Crippen MR) is 65.1 cm³/mol. The summed E-state index contributed by atoms with van der Waals surface area (Å²) in [4.78, 5) is 0.426. The molecule has 0 radical (unpaired) electrons. The van der Waals surface area contributed by atoms with Gasteiger partial charge in [-0.2, -0.15) is 0 Å². The number of hydroxylamine groups is 2. The third kappa shape index (κ3) is 3.08. The first-order chi connectivity index (χ1) is 7.58. The smallest absolute Gasteiger partial charge is 0.161 e. The predicted octanol–water partition coefficient (Wildman–Crippen LogP) is 2.24. The Labute approximate surface area is 100 Å². The van der Waals surface area contributed by atoms with Crippen molar-refractivity contribution in [2.45, 2.75) is 13.5 Å². The van der Waals surface area contributed by atoms with Crippen LogP contribution in [0.4, 0.5) is 0 Å². The van der Waals surface area contributed by atoms with Gasteiger partial charge in [0.25, 0.3) is 0 Å². The molecule has 0 aromatic heterocycles. The van der Waals surface area contributed by atoms with Gasteiger partial charge in [-0.25, -0.2) is 5.06 Å². The number of ether oxygens (including phenoxy) is 2. The van der Waals surface area contributed by atoms with Crippen LogP contribution in [0.1, 0.15) is 12.5 Å². The highest BCUT2D eigenvalue weighted by Crippen LogP contribution is 2.27. The topological polar surface area (TPSA) is 41.9 Å². The highest BCUT2D eigenvalue weighted by atomic mass is 32.1. The number of benzene rings is 1. The molecule has 4 nitrogen and oxygen atoms in total. The van der Waals surface area contributed by atoms with E-state index in [1.54, 1.807) is 33.3 Å². The fourth-order valence-electron chi connectivity index (χ4n) is 1.26. The van der Waals surface area contributed by atoms with Gasteiger partial charge in [-0.1, -0.05) is 18.3 Å². The summed E-state index contributed by atoms with van der Waals surface area (Å²) >= 11 is 4.85. The highest BCUT2D eigenvalue weighted by Gasteiger charge is 2.07. The van der Waals surface area contributed by atoms with Crippen LogP contribution in [0.2, 0.25) is 0 Å². The Morgan fingerprint density at radius 3 is 2.44 bits per heavy atom. The molecule has 0 saturated heterocycles. The summed E-state index contributed by atoms with van der Waals surface area (Å²) in [5, 5.41) is 10.5. The first kappa shape index (κ1) is 12.7. The van der Waals surface area contributed by atoms with Gasteiger partial charge in [0, 0.05) is 0 Å². The third-order valence-corrected chi connectivity index (χ3v) is 2.35. The van der Waals surface area contributed by atoms with Crippen molar-refractivity contribution in [3.8, 4) is 11.5 Å². The number of methoxy groups -OCH3 is 2. The maximum Gasteiger partial charge on any atom is 0.161 e. The van der Waals surface area contributed by atoms with Crippen molar-refractivity contribution >= 4 is 17.2 Å². The molecule has 0 saturated carbocycles. The molecule has 0 amide bonds. The van der Waals surface area contributed by atoms with Gasteiger partial charge in [-0.3, -0.25) is 5.21 Å². The van der Waals surface area contributed by atoms with Gasteiger partial charge in [-0.05, 0) is 24.6 Å². The Hall–Kier alpha value is -1.33. The summed E-state index contributed by atoms with van der Waals surface area (Å²) < 4.78 is 10.3. The van der Waals surface area contributed by atoms with Crippen molar-refractivity contribution in [3.63, 3.8) is 0 Å². The Kier molecular flexibility index (Phi) is 4.52. The SMILES string of the molecule is COc1ccc(CN(O)C(C)=S)cc1OC. The van der Waals surface area contributed by atoms with Crippen LogP contribution in [0, 0.1) is 0 Å². The molecular formula is C11H15NO3S. The Bertz CT molecular complexity index is 381. The van der Waals surface area contributed by atoms with Gasteiger partial charge in [0.15, 0.2) is 11.5 Å². The van der Waals surface area contributed by atoms with E-state index in [1.165, 1.54) is 0 Å². The monoisotopic (exact) mass is 241 g/mol. The van der Waals surface area contributed by atoms with Crippen LogP contribution in [-0.4, -0.2) is 29.5 Å². The number of hydrogen-bond acceptors (Lipinski definition) is 4.